The molecular weight excluding hydrogens is 438 g/mol. The lowest BCUT2D eigenvalue weighted by Gasteiger charge is -2.34. The van der Waals surface area contributed by atoms with E-state index in [1.165, 1.54) is 12.8 Å². The summed E-state index contributed by atoms with van der Waals surface area (Å²) in [5.41, 5.74) is 5.49. The van der Waals surface area contributed by atoms with E-state index in [4.69, 9.17) is 16.4 Å². The second-order valence-corrected chi connectivity index (χ2v) is 9.17. The maximum absolute atomic E-state index is 6.26. The Morgan fingerprint density at radius 3 is 2.79 bits per heavy atom. The van der Waals surface area contributed by atoms with Crippen molar-refractivity contribution in [1.29, 1.82) is 0 Å². The normalized spacial score (nSPS) is 17.7. The van der Waals surface area contributed by atoms with Crippen LogP contribution in [0, 0.1) is 11.8 Å². The Kier molecular flexibility index (Phi) is 5.30. The molecule has 5 heterocycles. The maximum atomic E-state index is 6.26. The monoisotopic (exact) mass is 461 g/mol. The van der Waals surface area contributed by atoms with Gasteiger partial charge in [0, 0.05) is 31.3 Å². The van der Waals surface area contributed by atoms with Gasteiger partial charge in [0.15, 0.2) is 5.65 Å². The summed E-state index contributed by atoms with van der Waals surface area (Å²) in [6.45, 7) is 2.44. The zero-order chi connectivity index (χ0) is 22.2. The number of hydrogen-bond acceptors (Lipinski definition) is 7. The number of aromatic nitrogens is 5. The fraction of sp³-hybridized carbons (Fsp3) is 0.375. The summed E-state index contributed by atoms with van der Waals surface area (Å²) in [6, 6.07) is 11.8. The number of rotatable bonds is 6. The van der Waals surface area contributed by atoms with Gasteiger partial charge in [0.1, 0.15) is 29.3 Å². The zero-order valence-corrected chi connectivity index (χ0v) is 18.9. The van der Waals surface area contributed by atoms with Gasteiger partial charge in [0.2, 0.25) is 0 Å². The molecule has 0 aromatic carbocycles. The highest BCUT2D eigenvalue weighted by Gasteiger charge is 2.28. The van der Waals surface area contributed by atoms with Crippen molar-refractivity contribution in [3.63, 3.8) is 0 Å². The van der Waals surface area contributed by atoms with Crippen LogP contribution in [-0.4, -0.2) is 50.0 Å². The zero-order valence-electron chi connectivity index (χ0n) is 18.1. The van der Waals surface area contributed by atoms with Crippen LogP contribution in [0.25, 0.3) is 16.7 Å². The predicted molar refractivity (Wildman–Crippen MR) is 128 cm³/mol. The van der Waals surface area contributed by atoms with Gasteiger partial charge in [-0.2, -0.15) is 0 Å². The van der Waals surface area contributed by atoms with Crippen LogP contribution in [0.3, 0.4) is 0 Å². The van der Waals surface area contributed by atoms with Crippen molar-refractivity contribution in [2.45, 2.75) is 25.7 Å². The summed E-state index contributed by atoms with van der Waals surface area (Å²) in [5.74, 6) is 0.954. The Labute approximate surface area is 196 Å². The predicted octanol–water partition coefficient (Wildman–Crippen LogP) is 4.37. The third kappa shape index (κ3) is 4.11. The van der Waals surface area contributed by atoms with Crippen molar-refractivity contribution >= 4 is 39.7 Å². The van der Waals surface area contributed by atoms with Gasteiger partial charge in [-0.05, 0) is 55.9 Å². The number of nitrogens with zero attached hydrogens (tertiary/aromatic N) is 7. The molecule has 1 saturated carbocycles. The molecule has 9 heteroatoms. The summed E-state index contributed by atoms with van der Waals surface area (Å²) in [4.78, 5) is 17.3. The van der Waals surface area contributed by atoms with E-state index in [0.717, 1.165) is 59.7 Å². The first kappa shape index (κ1) is 20.4. The summed E-state index contributed by atoms with van der Waals surface area (Å²) in [7, 11) is 0. The van der Waals surface area contributed by atoms with Crippen LogP contribution < -0.4 is 4.90 Å². The highest BCUT2D eigenvalue weighted by Crippen LogP contribution is 2.33. The van der Waals surface area contributed by atoms with Crippen LogP contribution in [-0.2, 0) is 4.84 Å². The van der Waals surface area contributed by atoms with Crippen molar-refractivity contribution in [3.8, 4) is 0 Å². The highest BCUT2D eigenvalue weighted by molar-refractivity contribution is 6.29. The van der Waals surface area contributed by atoms with Gasteiger partial charge < -0.3 is 9.74 Å². The number of hydrogen-bond donors (Lipinski definition) is 0. The molecule has 8 nitrogen and oxygen atoms in total. The quantitative estimate of drug-likeness (QED) is 0.241. The highest BCUT2D eigenvalue weighted by atomic mass is 35.5. The molecular formula is C24H24ClN7O. The third-order valence-corrected chi connectivity index (χ3v) is 6.71. The molecule has 0 bridgehead atoms. The Balaban J connectivity index is 1.27. The lowest BCUT2D eigenvalue weighted by atomic mass is 9.89. The van der Waals surface area contributed by atoms with Gasteiger partial charge >= 0.3 is 0 Å². The number of anilines is 1. The first-order chi connectivity index (χ1) is 16.3. The molecule has 1 aliphatic carbocycles. The van der Waals surface area contributed by atoms with Crippen LogP contribution >= 0.6 is 11.6 Å². The maximum Gasteiger partial charge on any atom is 0.163 e. The Bertz CT molecular complexity index is 1310. The van der Waals surface area contributed by atoms with Crippen LogP contribution in [0.15, 0.2) is 54.1 Å². The minimum atomic E-state index is 0.287. The first-order valence-corrected chi connectivity index (χ1v) is 11.8. The van der Waals surface area contributed by atoms with Crippen LogP contribution in [0.4, 0.5) is 5.69 Å². The molecule has 2 aliphatic rings. The van der Waals surface area contributed by atoms with Crippen molar-refractivity contribution in [2.24, 2.45) is 17.0 Å². The molecule has 1 saturated heterocycles. The fourth-order valence-electron chi connectivity index (χ4n) is 4.51. The summed E-state index contributed by atoms with van der Waals surface area (Å²) >= 11 is 6.26. The molecule has 0 unspecified atom stereocenters. The molecule has 2 fully saturated rings. The lowest BCUT2D eigenvalue weighted by Crippen LogP contribution is -2.37. The van der Waals surface area contributed by atoms with E-state index < -0.39 is 0 Å². The molecule has 4 aromatic rings. The van der Waals surface area contributed by atoms with E-state index in [-0.39, 0.29) is 5.92 Å². The van der Waals surface area contributed by atoms with E-state index in [0.29, 0.717) is 17.7 Å². The molecule has 4 aromatic heterocycles. The van der Waals surface area contributed by atoms with Crippen molar-refractivity contribution in [3.05, 3.63) is 59.8 Å². The minimum Gasteiger partial charge on any atom is -0.395 e. The molecule has 0 N–H and O–H groups in total. The lowest BCUT2D eigenvalue weighted by molar-refractivity contribution is 0.132. The molecule has 0 atom stereocenters. The number of fused-ring (bicyclic) bond motifs is 3. The van der Waals surface area contributed by atoms with E-state index in [9.17, 15) is 0 Å². The SMILES string of the molecule is Clc1ccc2c(n1)c(N1CCC(/C(=N\OCC3CC3)c3ccccn3)CC1)cc1nncn12. The molecule has 1 aliphatic heterocycles. The first-order valence-electron chi connectivity index (χ1n) is 11.4. The van der Waals surface area contributed by atoms with E-state index in [1.54, 1.807) is 12.4 Å². The van der Waals surface area contributed by atoms with E-state index >= 15 is 0 Å². The summed E-state index contributed by atoms with van der Waals surface area (Å²) < 4.78 is 1.94. The second-order valence-electron chi connectivity index (χ2n) is 8.78. The van der Waals surface area contributed by atoms with Gasteiger partial charge in [0.05, 0.1) is 16.9 Å². The van der Waals surface area contributed by atoms with E-state index in [2.05, 4.69) is 30.2 Å². The molecule has 0 spiro atoms. The van der Waals surface area contributed by atoms with Gasteiger partial charge in [-0.15, -0.1) is 10.2 Å². The number of oxime groups is 1. The summed E-state index contributed by atoms with van der Waals surface area (Å²) in [5, 5.41) is 13.4. The van der Waals surface area contributed by atoms with Crippen LogP contribution in [0.2, 0.25) is 5.15 Å². The topological polar surface area (TPSA) is 80.8 Å². The van der Waals surface area contributed by atoms with Crippen LogP contribution in [0.1, 0.15) is 31.4 Å². The Hall–Kier alpha value is -3.26. The average molecular weight is 462 g/mol. The molecule has 0 radical (unpaired) electrons. The smallest absolute Gasteiger partial charge is 0.163 e. The second kappa shape index (κ2) is 8.59. The molecule has 33 heavy (non-hydrogen) atoms. The summed E-state index contributed by atoms with van der Waals surface area (Å²) in [6.07, 6.45) is 7.91. The van der Waals surface area contributed by atoms with E-state index in [1.807, 2.05) is 40.9 Å². The number of piperidine rings is 1. The van der Waals surface area contributed by atoms with Gasteiger partial charge in [-0.3, -0.25) is 9.38 Å². The van der Waals surface area contributed by atoms with Gasteiger partial charge in [-0.25, -0.2) is 4.98 Å². The van der Waals surface area contributed by atoms with Crippen LogP contribution in [0.5, 0.6) is 0 Å². The molecule has 0 amide bonds. The van der Waals surface area contributed by atoms with Gasteiger partial charge in [-0.1, -0.05) is 22.8 Å². The molecule has 168 valence electrons. The fourth-order valence-corrected chi connectivity index (χ4v) is 4.65. The Morgan fingerprint density at radius 1 is 1.12 bits per heavy atom. The minimum absolute atomic E-state index is 0.287. The number of halogens is 1. The van der Waals surface area contributed by atoms with Crippen molar-refractivity contribution in [1.82, 2.24) is 24.6 Å². The standard InChI is InChI=1S/C24H24ClN7O/c25-21-7-6-19-24(28-21)20(13-22-29-27-15-32(19)22)31-11-8-17(9-12-31)23(18-3-1-2-10-26-18)30-33-14-16-4-5-16/h1-3,6-7,10,13,15-17H,4-5,8-9,11-12,14H2/b30-23+. The third-order valence-electron chi connectivity index (χ3n) is 6.50. The van der Waals surface area contributed by atoms with Gasteiger partial charge in [0.25, 0.3) is 0 Å². The largest absolute Gasteiger partial charge is 0.395 e. The van der Waals surface area contributed by atoms with Crippen molar-refractivity contribution in [2.75, 3.05) is 24.6 Å². The van der Waals surface area contributed by atoms with Crippen molar-refractivity contribution < 1.29 is 4.84 Å². The number of pyridine rings is 3. The molecule has 6 rings (SSSR count). The average Bonchev–Trinajstić information content (AvgIpc) is 3.56. The Morgan fingerprint density at radius 2 is 2.00 bits per heavy atom.